The number of imidazole rings is 1. The Morgan fingerprint density at radius 2 is 2.08 bits per heavy atom. The number of hydrazine groups is 1. The lowest BCUT2D eigenvalue weighted by Crippen LogP contribution is -2.43. The zero-order valence-corrected chi connectivity index (χ0v) is 13.1. The molecule has 0 radical (unpaired) electrons. The second-order valence-corrected chi connectivity index (χ2v) is 5.48. The molecular formula is C15H12N8O2. The Hall–Kier alpha value is -3.69. The van der Waals surface area contributed by atoms with Crippen LogP contribution in [-0.2, 0) is 4.74 Å². The lowest BCUT2D eigenvalue weighted by atomic mass is 10.1. The lowest BCUT2D eigenvalue weighted by molar-refractivity contribution is 0.169. The van der Waals surface area contributed by atoms with Gasteiger partial charge in [0.25, 0.3) is 0 Å². The Labute approximate surface area is 141 Å². The summed E-state index contributed by atoms with van der Waals surface area (Å²) in [5.41, 5.74) is 2.05. The zero-order valence-electron chi connectivity index (χ0n) is 13.1. The van der Waals surface area contributed by atoms with Gasteiger partial charge in [0.05, 0.1) is 25.2 Å². The van der Waals surface area contributed by atoms with Gasteiger partial charge in [-0.3, -0.25) is 4.57 Å². The fourth-order valence-corrected chi connectivity index (χ4v) is 3.15. The summed E-state index contributed by atoms with van der Waals surface area (Å²) in [5, 5.41) is 11.3. The van der Waals surface area contributed by atoms with Crippen LogP contribution in [0.1, 0.15) is 11.7 Å². The minimum atomic E-state index is -0.629. The van der Waals surface area contributed by atoms with Gasteiger partial charge in [-0.1, -0.05) is 23.4 Å². The molecule has 0 N–H and O–H groups in total. The van der Waals surface area contributed by atoms with Gasteiger partial charge in [0.15, 0.2) is 17.8 Å². The van der Waals surface area contributed by atoms with Crippen LogP contribution in [0.25, 0.3) is 5.69 Å². The van der Waals surface area contributed by atoms with Crippen molar-refractivity contribution in [2.24, 2.45) is 4.99 Å². The first kappa shape index (κ1) is 13.7. The van der Waals surface area contributed by atoms with E-state index in [9.17, 15) is 4.79 Å². The third kappa shape index (κ3) is 1.75. The molecule has 0 aliphatic carbocycles. The number of para-hydroxylation sites is 1. The number of rotatable bonds is 1. The molecule has 3 aromatic rings. The molecule has 4 heterocycles. The molecule has 5 rings (SSSR count). The van der Waals surface area contributed by atoms with Crippen molar-refractivity contribution in [1.82, 2.24) is 24.5 Å². The van der Waals surface area contributed by atoms with Crippen LogP contribution in [0.15, 0.2) is 48.0 Å². The molecule has 10 heteroatoms. The van der Waals surface area contributed by atoms with E-state index >= 15 is 0 Å². The van der Waals surface area contributed by atoms with Crippen molar-refractivity contribution < 1.29 is 9.53 Å². The van der Waals surface area contributed by atoms with Crippen LogP contribution in [0.3, 0.4) is 0 Å². The van der Waals surface area contributed by atoms with E-state index < -0.39 is 6.09 Å². The summed E-state index contributed by atoms with van der Waals surface area (Å²) in [5.74, 6) is 1.24. The standard InChI is InChI=1S/C15H12N8O2/c1-25-15(24)22-13(7-18-19-22)21-9-17-14-10-4-2-3-5-11(10)20-8-16-6-12(20)23(14)21/h2-9,14H,1H3. The monoisotopic (exact) mass is 336 g/mol. The van der Waals surface area contributed by atoms with Crippen LogP contribution >= 0.6 is 0 Å². The van der Waals surface area contributed by atoms with Crippen LogP contribution in [0.5, 0.6) is 0 Å². The number of ether oxygens (including phenoxy) is 1. The van der Waals surface area contributed by atoms with Crippen LogP contribution < -0.4 is 10.0 Å². The van der Waals surface area contributed by atoms with E-state index in [-0.39, 0.29) is 6.17 Å². The van der Waals surface area contributed by atoms with Gasteiger partial charge in [0, 0.05) is 5.56 Å². The van der Waals surface area contributed by atoms with E-state index in [1.54, 1.807) is 23.9 Å². The second kappa shape index (κ2) is 4.90. The summed E-state index contributed by atoms with van der Waals surface area (Å²) in [6.07, 6.45) is 5.72. The van der Waals surface area contributed by atoms with Crippen LogP contribution in [0.2, 0.25) is 0 Å². The minimum absolute atomic E-state index is 0.263. The maximum atomic E-state index is 11.9. The normalized spacial score (nSPS) is 17.2. The van der Waals surface area contributed by atoms with Crippen LogP contribution in [0.4, 0.5) is 16.4 Å². The van der Waals surface area contributed by atoms with Gasteiger partial charge in [0.1, 0.15) is 12.7 Å². The highest BCUT2D eigenvalue weighted by Gasteiger charge is 2.39. The molecule has 124 valence electrons. The van der Waals surface area contributed by atoms with Crippen molar-refractivity contribution in [1.29, 1.82) is 0 Å². The van der Waals surface area contributed by atoms with E-state index in [0.717, 1.165) is 21.8 Å². The number of carbonyl (C=O) groups excluding carboxylic acids is 1. The summed E-state index contributed by atoms with van der Waals surface area (Å²) in [6, 6.07) is 7.99. The molecule has 2 aliphatic heterocycles. The van der Waals surface area contributed by atoms with Crippen molar-refractivity contribution in [3.05, 3.63) is 48.5 Å². The Morgan fingerprint density at radius 3 is 2.96 bits per heavy atom. The van der Waals surface area contributed by atoms with Crippen LogP contribution in [0, 0.1) is 0 Å². The van der Waals surface area contributed by atoms with Gasteiger partial charge >= 0.3 is 6.09 Å². The zero-order chi connectivity index (χ0) is 17.0. The number of benzene rings is 1. The van der Waals surface area contributed by atoms with Crippen molar-refractivity contribution in [3.8, 4) is 5.69 Å². The first-order valence-corrected chi connectivity index (χ1v) is 7.52. The number of carbonyl (C=O) groups is 1. The van der Waals surface area contributed by atoms with E-state index in [0.29, 0.717) is 5.82 Å². The Balaban J connectivity index is 1.66. The molecule has 2 aromatic heterocycles. The Kier molecular flexibility index (Phi) is 2.69. The highest BCUT2D eigenvalue weighted by Crippen LogP contribution is 2.42. The maximum absolute atomic E-state index is 11.9. The molecule has 0 saturated heterocycles. The fourth-order valence-electron chi connectivity index (χ4n) is 3.15. The molecule has 10 nitrogen and oxygen atoms in total. The van der Waals surface area contributed by atoms with Crippen LogP contribution in [-0.4, -0.2) is 44.1 Å². The SMILES string of the molecule is COC(=O)n1nncc1N1C=NC2c3ccccc3-n3cncc3N21. The van der Waals surface area contributed by atoms with Crippen molar-refractivity contribution in [2.75, 3.05) is 17.1 Å². The lowest BCUT2D eigenvalue weighted by Gasteiger charge is -2.37. The number of nitrogens with zero attached hydrogens (tertiary/aromatic N) is 8. The number of hydrogen-bond acceptors (Lipinski definition) is 8. The fraction of sp³-hybridized carbons (Fsp3) is 0.133. The number of aromatic nitrogens is 5. The van der Waals surface area contributed by atoms with Gasteiger partial charge < -0.3 is 4.74 Å². The molecule has 1 aromatic carbocycles. The van der Waals surface area contributed by atoms with Gasteiger partial charge in [-0.25, -0.2) is 24.8 Å². The first-order valence-electron chi connectivity index (χ1n) is 7.52. The summed E-state index contributed by atoms with van der Waals surface area (Å²) in [7, 11) is 1.29. The van der Waals surface area contributed by atoms with E-state index in [2.05, 4.69) is 20.3 Å². The molecular weight excluding hydrogens is 324 g/mol. The molecule has 0 spiro atoms. The molecule has 1 unspecified atom stereocenters. The third-order valence-electron chi connectivity index (χ3n) is 4.22. The summed E-state index contributed by atoms with van der Waals surface area (Å²) in [6.45, 7) is 0. The maximum Gasteiger partial charge on any atom is 0.437 e. The summed E-state index contributed by atoms with van der Waals surface area (Å²) in [4.78, 5) is 20.8. The number of fused-ring (bicyclic) bond motifs is 6. The Bertz CT molecular complexity index is 1010. The number of aliphatic imine (C=N–C) groups is 1. The van der Waals surface area contributed by atoms with Gasteiger partial charge in [0.2, 0.25) is 0 Å². The summed E-state index contributed by atoms with van der Waals surface area (Å²) < 4.78 is 7.81. The van der Waals surface area contributed by atoms with Crippen molar-refractivity contribution >= 4 is 24.1 Å². The first-order chi connectivity index (χ1) is 12.3. The number of hydrogen-bond donors (Lipinski definition) is 0. The highest BCUT2D eigenvalue weighted by atomic mass is 16.5. The van der Waals surface area contributed by atoms with Gasteiger partial charge in [-0.2, -0.15) is 0 Å². The third-order valence-corrected chi connectivity index (χ3v) is 4.22. The predicted molar refractivity (Wildman–Crippen MR) is 87.6 cm³/mol. The van der Waals surface area contributed by atoms with E-state index in [4.69, 9.17) is 4.74 Å². The smallest absolute Gasteiger partial charge is 0.437 e. The number of methoxy groups -OCH3 is 1. The molecule has 0 fully saturated rings. The number of anilines is 2. The van der Waals surface area contributed by atoms with E-state index in [1.807, 2.05) is 33.8 Å². The van der Waals surface area contributed by atoms with Crippen molar-refractivity contribution in [3.63, 3.8) is 0 Å². The topological polar surface area (TPSA) is 93.7 Å². The van der Waals surface area contributed by atoms with Crippen molar-refractivity contribution in [2.45, 2.75) is 6.17 Å². The largest absolute Gasteiger partial charge is 0.451 e. The second-order valence-electron chi connectivity index (χ2n) is 5.48. The quantitative estimate of drug-likeness (QED) is 0.662. The average molecular weight is 336 g/mol. The average Bonchev–Trinajstić information content (AvgIpc) is 3.38. The molecule has 0 amide bonds. The minimum Gasteiger partial charge on any atom is -0.451 e. The van der Waals surface area contributed by atoms with Gasteiger partial charge in [-0.05, 0) is 6.07 Å². The molecule has 2 aliphatic rings. The van der Waals surface area contributed by atoms with Gasteiger partial charge in [-0.15, -0.1) is 9.78 Å². The Morgan fingerprint density at radius 1 is 1.20 bits per heavy atom. The summed E-state index contributed by atoms with van der Waals surface area (Å²) >= 11 is 0. The molecule has 0 bridgehead atoms. The molecule has 0 saturated carbocycles. The molecule has 25 heavy (non-hydrogen) atoms. The molecule has 1 atom stereocenters. The van der Waals surface area contributed by atoms with E-state index in [1.165, 1.54) is 13.3 Å². The predicted octanol–water partition coefficient (Wildman–Crippen LogP) is 1.36. The highest BCUT2D eigenvalue weighted by molar-refractivity contribution is 5.88.